The van der Waals surface area contributed by atoms with Crippen molar-refractivity contribution in [1.82, 2.24) is 0 Å². The molecule has 0 atom stereocenters. The second-order valence-electron chi connectivity index (χ2n) is 12.2. The van der Waals surface area contributed by atoms with Gasteiger partial charge in [-0.2, -0.15) is 0 Å². The zero-order valence-corrected chi connectivity index (χ0v) is 25.3. The molecule has 0 fully saturated rings. The summed E-state index contributed by atoms with van der Waals surface area (Å²) in [6.45, 7) is 0. The first-order valence-electron chi connectivity index (χ1n) is 15.9. The Morgan fingerprint density at radius 3 is 1.50 bits per heavy atom. The van der Waals surface area contributed by atoms with Crippen LogP contribution in [0.1, 0.15) is 0 Å². The Kier molecular flexibility index (Phi) is 6.25. The molecule has 0 bridgehead atoms. The predicted octanol–water partition coefficient (Wildman–Crippen LogP) is 13.0. The smallest absolute Gasteiger partial charge is 0.00264 e. The van der Waals surface area contributed by atoms with Crippen LogP contribution in [0.4, 0.5) is 0 Å². The van der Waals surface area contributed by atoms with Gasteiger partial charge in [0.25, 0.3) is 0 Å². The minimum absolute atomic E-state index is 1.22. The SMILES string of the molecule is c1ccc(-c2ccc3c(-c4cccc(-c5ccc6c(ccc7ccccc76)c5)c4)c4cc(-c5ccccc5)ccc4cc3c2)cc1. The second kappa shape index (κ2) is 10.9. The van der Waals surface area contributed by atoms with E-state index in [1.165, 1.54) is 87.6 Å². The standard InChI is InChI=1S/C46H30/c1-3-10-31(11-4-1)35-23-25-44-41(28-35)29-39-21-19-37(32-12-5-2-6-13-32)30-45(39)46(44)40-16-9-15-34(27-40)36-22-24-43-38(26-36)20-18-33-14-7-8-17-42(33)43/h1-30H. The molecule has 0 unspecified atom stereocenters. The van der Waals surface area contributed by atoms with Gasteiger partial charge in [0.15, 0.2) is 0 Å². The van der Waals surface area contributed by atoms with Gasteiger partial charge in [-0.05, 0) is 118 Å². The molecule has 0 N–H and O–H groups in total. The minimum Gasteiger partial charge on any atom is -0.0622 e. The van der Waals surface area contributed by atoms with Gasteiger partial charge in [0.1, 0.15) is 0 Å². The van der Waals surface area contributed by atoms with E-state index >= 15 is 0 Å². The summed E-state index contributed by atoms with van der Waals surface area (Å²) in [6.07, 6.45) is 0. The van der Waals surface area contributed by atoms with E-state index in [0.717, 1.165) is 0 Å². The molecule has 0 spiro atoms. The number of fused-ring (bicyclic) bond motifs is 5. The highest BCUT2D eigenvalue weighted by molar-refractivity contribution is 6.14. The molecule has 9 rings (SSSR count). The van der Waals surface area contributed by atoms with Crippen molar-refractivity contribution in [3.63, 3.8) is 0 Å². The zero-order chi connectivity index (χ0) is 30.5. The monoisotopic (exact) mass is 582 g/mol. The van der Waals surface area contributed by atoms with E-state index < -0.39 is 0 Å². The van der Waals surface area contributed by atoms with Crippen molar-refractivity contribution < 1.29 is 0 Å². The van der Waals surface area contributed by atoms with Gasteiger partial charge in [0.05, 0.1) is 0 Å². The van der Waals surface area contributed by atoms with Gasteiger partial charge in [0.2, 0.25) is 0 Å². The molecule has 0 saturated heterocycles. The van der Waals surface area contributed by atoms with E-state index in [2.05, 4.69) is 182 Å². The van der Waals surface area contributed by atoms with E-state index in [1.807, 2.05) is 0 Å². The lowest BCUT2D eigenvalue weighted by molar-refractivity contribution is 1.62. The van der Waals surface area contributed by atoms with Crippen molar-refractivity contribution in [3.05, 3.63) is 182 Å². The van der Waals surface area contributed by atoms with Crippen molar-refractivity contribution in [2.75, 3.05) is 0 Å². The van der Waals surface area contributed by atoms with Gasteiger partial charge in [-0.3, -0.25) is 0 Å². The maximum Gasteiger partial charge on any atom is -0.00264 e. The third-order valence-electron chi connectivity index (χ3n) is 9.40. The Bertz CT molecular complexity index is 2560. The molecule has 46 heavy (non-hydrogen) atoms. The highest BCUT2D eigenvalue weighted by Gasteiger charge is 2.14. The fraction of sp³-hybridized carbons (Fsp3) is 0. The lowest BCUT2D eigenvalue weighted by Crippen LogP contribution is -1.89. The van der Waals surface area contributed by atoms with Crippen LogP contribution in [0.2, 0.25) is 0 Å². The highest BCUT2D eigenvalue weighted by atomic mass is 14.2. The summed E-state index contributed by atoms with van der Waals surface area (Å²) >= 11 is 0. The van der Waals surface area contributed by atoms with Crippen molar-refractivity contribution in [3.8, 4) is 44.5 Å². The maximum atomic E-state index is 2.37. The second-order valence-corrected chi connectivity index (χ2v) is 12.2. The van der Waals surface area contributed by atoms with Gasteiger partial charge in [-0.25, -0.2) is 0 Å². The van der Waals surface area contributed by atoms with Gasteiger partial charge < -0.3 is 0 Å². The largest absolute Gasteiger partial charge is 0.0622 e. The summed E-state index contributed by atoms with van der Waals surface area (Å²) in [5.74, 6) is 0. The van der Waals surface area contributed by atoms with Crippen LogP contribution in [0, 0.1) is 0 Å². The molecule has 0 aromatic heterocycles. The Hall–Kier alpha value is -5.98. The first-order chi connectivity index (χ1) is 22.8. The lowest BCUT2D eigenvalue weighted by Gasteiger charge is -2.16. The summed E-state index contributed by atoms with van der Waals surface area (Å²) in [7, 11) is 0. The molecule has 0 nitrogen and oxygen atoms in total. The van der Waals surface area contributed by atoms with Gasteiger partial charge in [-0.1, -0.05) is 152 Å². The summed E-state index contributed by atoms with van der Waals surface area (Å²) < 4.78 is 0. The summed E-state index contributed by atoms with van der Waals surface area (Å²) in [4.78, 5) is 0. The van der Waals surface area contributed by atoms with Crippen molar-refractivity contribution >= 4 is 43.1 Å². The van der Waals surface area contributed by atoms with E-state index in [4.69, 9.17) is 0 Å². The molecule has 0 aliphatic carbocycles. The van der Waals surface area contributed by atoms with Gasteiger partial charge >= 0.3 is 0 Å². The van der Waals surface area contributed by atoms with E-state index in [-0.39, 0.29) is 0 Å². The van der Waals surface area contributed by atoms with Crippen LogP contribution in [0.25, 0.3) is 87.6 Å². The highest BCUT2D eigenvalue weighted by Crippen LogP contribution is 2.41. The van der Waals surface area contributed by atoms with Gasteiger partial charge in [-0.15, -0.1) is 0 Å². The summed E-state index contributed by atoms with van der Waals surface area (Å²) in [5.41, 5.74) is 9.87. The number of hydrogen-bond acceptors (Lipinski definition) is 0. The van der Waals surface area contributed by atoms with Gasteiger partial charge in [0, 0.05) is 0 Å². The Morgan fingerprint density at radius 1 is 0.196 bits per heavy atom. The fourth-order valence-corrected chi connectivity index (χ4v) is 7.10. The summed E-state index contributed by atoms with van der Waals surface area (Å²) in [5, 5.41) is 10.2. The first kappa shape index (κ1) is 26.4. The number of benzene rings is 9. The third-order valence-corrected chi connectivity index (χ3v) is 9.40. The molecule has 0 saturated carbocycles. The van der Waals surface area contributed by atoms with Crippen molar-refractivity contribution in [1.29, 1.82) is 0 Å². The molecule has 0 aliphatic heterocycles. The predicted molar refractivity (Wildman–Crippen MR) is 198 cm³/mol. The third kappa shape index (κ3) is 4.55. The van der Waals surface area contributed by atoms with Crippen LogP contribution in [0.15, 0.2) is 182 Å². The topological polar surface area (TPSA) is 0 Å². The van der Waals surface area contributed by atoms with Crippen LogP contribution in [-0.4, -0.2) is 0 Å². The molecule has 0 heterocycles. The molecule has 0 heteroatoms. The molecule has 0 amide bonds. The summed E-state index contributed by atoms with van der Waals surface area (Å²) in [6, 6.07) is 66.6. The van der Waals surface area contributed by atoms with Crippen molar-refractivity contribution in [2.24, 2.45) is 0 Å². The molecular weight excluding hydrogens is 553 g/mol. The zero-order valence-electron chi connectivity index (χ0n) is 25.3. The number of hydrogen-bond donors (Lipinski definition) is 0. The minimum atomic E-state index is 1.22. The Morgan fingerprint density at radius 2 is 0.696 bits per heavy atom. The van der Waals surface area contributed by atoms with Crippen LogP contribution in [0.5, 0.6) is 0 Å². The van der Waals surface area contributed by atoms with E-state index in [9.17, 15) is 0 Å². The van der Waals surface area contributed by atoms with Crippen molar-refractivity contribution in [2.45, 2.75) is 0 Å². The molecule has 0 radical (unpaired) electrons. The lowest BCUT2D eigenvalue weighted by atomic mass is 9.88. The molecule has 9 aromatic rings. The average molecular weight is 583 g/mol. The molecular formula is C46H30. The molecule has 214 valence electrons. The van der Waals surface area contributed by atoms with Crippen LogP contribution >= 0.6 is 0 Å². The Balaban J connectivity index is 1.25. The number of rotatable bonds is 4. The van der Waals surface area contributed by atoms with E-state index in [0.29, 0.717) is 0 Å². The normalized spacial score (nSPS) is 11.5. The molecule has 9 aromatic carbocycles. The molecule has 0 aliphatic rings. The fourth-order valence-electron chi connectivity index (χ4n) is 7.10. The Labute approximate surface area is 268 Å². The maximum absolute atomic E-state index is 2.37. The van der Waals surface area contributed by atoms with E-state index in [1.54, 1.807) is 0 Å². The van der Waals surface area contributed by atoms with Crippen LogP contribution in [0.3, 0.4) is 0 Å². The quantitative estimate of drug-likeness (QED) is 0.143. The van der Waals surface area contributed by atoms with Crippen LogP contribution < -0.4 is 0 Å². The average Bonchev–Trinajstić information content (AvgIpc) is 3.14. The first-order valence-corrected chi connectivity index (χ1v) is 15.9. The van der Waals surface area contributed by atoms with Crippen LogP contribution in [-0.2, 0) is 0 Å².